The number of fused-ring (bicyclic) bond motifs is 1. The second-order valence-electron chi connectivity index (χ2n) is 8.03. The van der Waals surface area contributed by atoms with Crippen LogP contribution in [0.4, 0.5) is 0 Å². The van der Waals surface area contributed by atoms with Gasteiger partial charge in [-0.15, -0.1) is 0 Å². The van der Waals surface area contributed by atoms with Crippen LogP contribution in [-0.4, -0.2) is 72.2 Å². The molecule has 0 bridgehead atoms. The summed E-state index contributed by atoms with van der Waals surface area (Å²) in [6.45, 7) is -1.05. The molecule has 0 saturated carbocycles. The fraction of sp³-hybridized carbons (Fsp3) is 0.304. The Kier molecular flexibility index (Phi) is 7.24. The van der Waals surface area contributed by atoms with Crippen molar-refractivity contribution < 1.29 is 32.3 Å². The van der Waals surface area contributed by atoms with Gasteiger partial charge in [0.2, 0.25) is 5.91 Å². The lowest BCUT2D eigenvalue weighted by Gasteiger charge is -2.21. The van der Waals surface area contributed by atoms with Gasteiger partial charge in [0.05, 0.1) is 19.2 Å². The number of aromatic nitrogens is 1. The maximum atomic E-state index is 12.8. The molecule has 0 radical (unpaired) electrons. The van der Waals surface area contributed by atoms with E-state index in [4.69, 9.17) is 4.42 Å². The van der Waals surface area contributed by atoms with Gasteiger partial charge >= 0.3 is 0 Å². The molecule has 1 saturated heterocycles. The minimum absolute atomic E-state index is 0.0293. The number of hydrogen-bond donors (Lipinski definition) is 3. The van der Waals surface area contributed by atoms with E-state index >= 15 is 0 Å². The van der Waals surface area contributed by atoms with Crippen LogP contribution < -0.4 is 10.6 Å². The standard InChI is InChI=1S/C23H24N4O7S/c28-14-17(26-23(31)20-12-15-6-1-2-8-19(15)34-20)22(30)25-16-7-5-11-27(13-18(16)29)35(32,33)21-9-3-4-10-24-21/h1-4,6,8-10,12,16-17,28H,5,7,11,13-14H2,(H,25,30)(H,26,31)/t16-,17?/m0/s1. The normalized spacial score (nSPS) is 18.1. The van der Waals surface area contributed by atoms with Crippen LogP contribution in [0.3, 0.4) is 0 Å². The SMILES string of the molecule is O=C(NC(CO)C(=O)N[C@H]1CCCN(S(=O)(=O)c2ccccn2)CC1=O)c1cc2ccccc2o1. The van der Waals surface area contributed by atoms with Gasteiger partial charge in [-0.25, -0.2) is 13.4 Å². The number of rotatable bonds is 7. The zero-order valence-electron chi connectivity index (χ0n) is 18.6. The van der Waals surface area contributed by atoms with Gasteiger partial charge in [0.1, 0.15) is 11.6 Å². The molecule has 1 fully saturated rings. The van der Waals surface area contributed by atoms with Crippen molar-refractivity contribution in [3.8, 4) is 0 Å². The molecular weight excluding hydrogens is 476 g/mol. The van der Waals surface area contributed by atoms with Crippen molar-refractivity contribution in [1.82, 2.24) is 19.9 Å². The first-order valence-corrected chi connectivity index (χ1v) is 12.4. The number of pyridine rings is 1. The molecule has 3 heterocycles. The highest BCUT2D eigenvalue weighted by atomic mass is 32.2. The third-order valence-electron chi connectivity index (χ3n) is 5.63. The lowest BCUT2D eigenvalue weighted by Crippen LogP contribution is -2.53. The number of hydrogen-bond acceptors (Lipinski definition) is 8. The third kappa shape index (κ3) is 5.39. The van der Waals surface area contributed by atoms with Gasteiger partial charge in [0.25, 0.3) is 15.9 Å². The molecule has 4 rings (SSSR count). The largest absolute Gasteiger partial charge is 0.451 e. The number of aliphatic hydroxyl groups is 1. The van der Waals surface area contributed by atoms with Crippen molar-refractivity contribution in [2.45, 2.75) is 30.0 Å². The predicted molar refractivity (Wildman–Crippen MR) is 124 cm³/mol. The molecule has 184 valence electrons. The van der Waals surface area contributed by atoms with Gasteiger partial charge < -0.3 is 20.2 Å². The van der Waals surface area contributed by atoms with Crippen molar-refractivity contribution in [3.05, 3.63) is 60.5 Å². The maximum Gasteiger partial charge on any atom is 0.287 e. The van der Waals surface area contributed by atoms with E-state index in [0.717, 1.165) is 4.31 Å². The van der Waals surface area contributed by atoms with Crippen molar-refractivity contribution in [2.75, 3.05) is 19.7 Å². The van der Waals surface area contributed by atoms with E-state index in [9.17, 15) is 27.9 Å². The van der Waals surface area contributed by atoms with Crippen LogP contribution in [0, 0.1) is 0 Å². The summed E-state index contributed by atoms with van der Waals surface area (Å²) >= 11 is 0. The molecular formula is C23H24N4O7S. The van der Waals surface area contributed by atoms with Gasteiger partial charge in [-0.05, 0) is 37.1 Å². The van der Waals surface area contributed by atoms with Crippen LogP contribution in [0.25, 0.3) is 11.0 Å². The zero-order valence-corrected chi connectivity index (χ0v) is 19.4. The van der Waals surface area contributed by atoms with E-state index in [2.05, 4.69) is 15.6 Å². The van der Waals surface area contributed by atoms with Crippen LogP contribution in [0.1, 0.15) is 23.4 Å². The van der Waals surface area contributed by atoms with Crippen LogP contribution >= 0.6 is 0 Å². The average Bonchev–Trinajstić information content (AvgIpc) is 3.21. The number of para-hydroxylation sites is 1. The predicted octanol–water partition coefficient (Wildman–Crippen LogP) is 0.457. The van der Waals surface area contributed by atoms with Crippen molar-refractivity contribution in [2.24, 2.45) is 0 Å². The zero-order chi connectivity index (χ0) is 25.0. The van der Waals surface area contributed by atoms with Gasteiger partial charge in [0, 0.05) is 18.1 Å². The summed E-state index contributed by atoms with van der Waals surface area (Å²) < 4.78 is 32.2. The molecule has 35 heavy (non-hydrogen) atoms. The summed E-state index contributed by atoms with van der Waals surface area (Å²) in [5.74, 6) is -2.00. The summed E-state index contributed by atoms with van der Waals surface area (Å²) in [5.41, 5.74) is 0.497. The number of nitrogens with one attached hydrogen (secondary N) is 2. The Balaban J connectivity index is 1.40. The Hall–Kier alpha value is -3.61. The van der Waals surface area contributed by atoms with Crippen LogP contribution in [0.2, 0.25) is 0 Å². The van der Waals surface area contributed by atoms with Gasteiger partial charge in [-0.3, -0.25) is 14.4 Å². The quantitative estimate of drug-likeness (QED) is 0.422. The molecule has 1 aromatic carbocycles. The van der Waals surface area contributed by atoms with Crippen LogP contribution in [0.5, 0.6) is 0 Å². The summed E-state index contributed by atoms with van der Waals surface area (Å²) in [6.07, 6.45) is 1.87. The minimum Gasteiger partial charge on any atom is -0.451 e. The molecule has 0 aliphatic carbocycles. The molecule has 2 amide bonds. The number of carbonyl (C=O) groups excluding carboxylic acids is 3. The Morgan fingerprint density at radius 1 is 1.20 bits per heavy atom. The number of sulfonamides is 1. The Morgan fingerprint density at radius 3 is 2.69 bits per heavy atom. The topological polar surface area (TPSA) is 159 Å². The minimum atomic E-state index is -3.97. The molecule has 12 heteroatoms. The number of aliphatic hydroxyl groups excluding tert-OH is 1. The molecule has 0 spiro atoms. The second kappa shape index (κ2) is 10.3. The lowest BCUT2D eigenvalue weighted by molar-refractivity contribution is -0.129. The number of ketones is 1. The highest BCUT2D eigenvalue weighted by molar-refractivity contribution is 7.89. The van der Waals surface area contributed by atoms with Gasteiger partial charge in [-0.1, -0.05) is 24.3 Å². The molecule has 3 N–H and O–H groups in total. The van der Waals surface area contributed by atoms with Crippen LogP contribution in [0.15, 0.2) is 64.2 Å². The summed E-state index contributed by atoms with van der Waals surface area (Å²) in [4.78, 5) is 41.9. The van der Waals surface area contributed by atoms with E-state index in [1.807, 2.05) is 0 Å². The van der Waals surface area contributed by atoms with E-state index < -0.39 is 52.9 Å². The molecule has 2 atom stereocenters. The number of amides is 2. The fourth-order valence-electron chi connectivity index (χ4n) is 3.78. The van der Waals surface area contributed by atoms with E-state index in [1.54, 1.807) is 30.3 Å². The average molecular weight is 501 g/mol. The first-order valence-electron chi connectivity index (χ1n) is 10.9. The number of carbonyl (C=O) groups is 3. The Bertz CT molecular complexity index is 1310. The lowest BCUT2D eigenvalue weighted by atomic mass is 10.1. The fourth-order valence-corrected chi connectivity index (χ4v) is 5.15. The van der Waals surface area contributed by atoms with E-state index in [1.165, 1.54) is 24.4 Å². The summed E-state index contributed by atoms with van der Waals surface area (Å²) in [7, 11) is -3.97. The summed E-state index contributed by atoms with van der Waals surface area (Å²) in [5, 5.41) is 15.1. The van der Waals surface area contributed by atoms with E-state index in [-0.39, 0.29) is 23.8 Å². The highest BCUT2D eigenvalue weighted by Gasteiger charge is 2.34. The van der Waals surface area contributed by atoms with Crippen molar-refractivity contribution in [3.63, 3.8) is 0 Å². The first kappa shape index (κ1) is 24.5. The number of benzene rings is 1. The molecule has 1 aliphatic heterocycles. The molecule has 11 nitrogen and oxygen atoms in total. The monoisotopic (exact) mass is 500 g/mol. The van der Waals surface area contributed by atoms with E-state index in [0.29, 0.717) is 17.4 Å². The number of nitrogens with zero attached hydrogens (tertiary/aromatic N) is 2. The molecule has 2 aromatic heterocycles. The molecule has 1 aliphatic rings. The Morgan fingerprint density at radius 2 is 1.97 bits per heavy atom. The smallest absolute Gasteiger partial charge is 0.287 e. The van der Waals surface area contributed by atoms with Gasteiger partial charge in [0.15, 0.2) is 16.6 Å². The summed E-state index contributed by atoms with van der Waals surface area (Å²) in [6, 6.07) is 10.7. The second-order valence-corrected chi connectivity index (χ2v) is 9.92. The molecule has 1 unspecified atom stereocenters. The maximum absolute atomic E-state index is 12.8. The molecule has 3 aromatic rings. The van der Waals surface area contributed by atoms with Crippen molar-refractivity contribution in [1.29, 1.82) is 0 Å². The van der Waals surface area contributed by atoms with Crippen molar-refractivity contribution >= 4 is 38.6 Å². The number of Topliss-reactive ketones (excluding diaryl/α,β-unsaturated/α-hetero) is 1. The first-order chi connectivity index (χ1) is 16.8. The highest BCUT2D eigenvalue weighted by Crippen LogP contribution is 2.19. The Labute approximate surface area is 201 Å². The van der Waals surface area contributed by atoms with Crippen LogP contribution in [-0.2, 0) is 19.6 Å². The van der Waals surface area contributed by atoms with Gasteiger partial charge in [-0.2, -0.15) is 4.31 Å². The number of furan rings is 1. The third-order valence-corrected chi connectivity index (χ3v) is 7.39.